The standard InChI is InChI=1S/C56H111O12P/c1-3-5-7-9-11-13-15-17-19-21-23-24-25-26-27-29-31-33-35-37-39-41-43-45-50(57)67-49(48-66-69(63,64)68-56-54(61)52(59)51(58)53(60)55(56)62)47-65-46-44-42-40-38-36-34-32-30-28-22-20-18-16-14-12-10-8-6-4-2/h49,51-56,58-62H,3-48H2,1-2H3,(H,63,64). The first-order valence-corrected chi connectivity index (χ1v) is 30.9. The van der Waals surface area contributed by atoms with E-state index < -0.39 is 63.1 Å². The summed E-state index contributed by atoms with van der Waals surface area (Å²) in [5, 5.41) is 50.4. The Kier molecular flexibility index (Phi) is 45.3. The van der Waals surface area contributed by atoms with Crippen LogP contribution in [0.1, 0.15) is 290 Å². The average Bonchev–Trinajstić information content (AvgIpc) is 3.34. The van der Waals surface area contributed by atoms with Crippen molar-refractivity contribution in [3.05, 3.63) is 0 Å². The van der Waals surface area contributed by atoms with Crippen molar-refractivity contribution >= 4 is 13.8 Å². The second kappa shape index (κ2) is 47.1. The number of phosphoric ester groups is 1. The summed E-state index contributed by atoms with van der Waals surface area (Å²) in [5.74, 6) is -0.466. The molecule has 0 aromatic carbocycles. The molecule has 1 rings (SSSR count). The molecule has 69 heavy (non-hydrogen) atoms. The Labute approximate surface area is 423 Å². The van der Waals surface area contributed by atoms with E-state index in [1.807, 2.05) is 0 Å². The number of hydrogen-bond donors (Lipinski definition) is 6. The first-order valence-electron chi connectivity index (χ1n) is 29.4. The van der Waals surface area contributed by atoms with Crippen molar-refractivity contribution in [2.75, 3.05) is 19.8 Å². The molecule has 6 atom stereocenters. The van der Waals surface area contributed by atoms with Crippen molar-refractivity contribution in [3.8, 4) is 0 Å². The van der Waals surface area contributed by atoms with Crippen LogP contribution in [0.25, 0.3) is 0 Å². The van der Waals surface area contributed by atoms with E-state index in [1.54, 1.807) is 0 Å². The fraction of sp³-hybridized carbons (Fsp3) is 0.982. The monoisotopic (exact) mass is 1010 g/mol. The molecule has 12 nitrogen and oxygen atoms in total. The maximum atomic E-state index is 12.9. The molecular weight excluding hydrogens is 896 g/mol. The van der Waals surface area contributed by atoms with Crippen LogP contribution in [0.2, 0.25) is 0 Å². The lowest BCUT2D eigenvalue weighted by molar-refractivity contribution is -0.220. The van der Waals surface area contributed by atoms with Gasteiger partial charge in [0.1, 0.15) is 42.7 Å². The van der Waals surface area contributed by atoms with E-state index in [4.69, 9.17) is 18.5 Å². The van der Waals surface area contributed by atoms with Gasteiger partial charge < -0.3 is 39.9 Å². The molecule has 0 saturated heterocycles. The van der Waals surface area contributed by atoms with Crippen LogP contribution < -0.4 is 0 Å². The van der Waals surface area contributed by atoms with Crippen LogP contribution in [0, 0.1) is 0 Å². The Hall–Kier alpha value is -0.660. The number of carbonyl (C=O) groups is 1. The highest BCUT2D eigenvalue weighted by atomic mass is 31.2. The van der Waals surface area contributed by atoms with Crippen molar-refractivity contribution in [1.29, 1.82) is 0 Å². The SMILES string of the molecule is CCCCCCCCCCCCCCCCCCCCCCCCCC(=O)OC(COCCCCCCCCCCCCCCCCCCCCC)COP(=O)(O)OC1C(O)C(O)C(O)C(O)C1O. The van der Waals surface area contributed by atoms with Crippen molar-refractivity contribution in [3.63, 3.8) is 0 Å². The van der Waals surface area contributed by atoms with Gasteiger partial charge in [0.05, 0.1) is 13.2 Å². The number of ether oxygens (including phenoxy) is 2. The van der Waals surface area contributed by atoms with Crippen molar-refractivity contribution in [1.82, 2.24) is 0 Å². The number of aliphatic hydroxyl groups is 5. The molecule has 0 aromatic rings. The molecule has 0 amide bonds. The van der Waals surface area contributed by atoms with Gasteiger partial charge in [0.2, 0.25) is 0 Å². The van der Waals surface area contributed by atoms with Crippen molar-refractivity contribution in [2.24, 2.45) is 0 Å². The number of carbonyl (C=O) groups excluding carboxylic acids is 1. The third kappa shape index (κ3) is 38.6. The van der Waals surface area contributed by atoms with Gasteiger partial charge in [0, 0.05) is 13.0 Å². The molecule has 0 radical (unpaired) electrons. The first kappa shape index (κ1) is 66.4. The van der Waals surface area contributed by atoms with Crippen LogP contribution in [0.4, 0.5) is 0 Å². The normalized spacial score (nSPS) is 20.9. The molecule has 0 heterocycles. The Bertz CT molecular complexity index is 1150. The molecule has 1 aliphatic rings. The summed E-state index contributed by atoms with van der Waals surface area (Å²) in [7, 11) is -5.02. The number of aliphatic hydroxyl groups excluding tert-OH is 5. The van der Waals surface area contributed by atoms with Gasteiger partial charge in [-0.25, -0.2) is 4.57 Å². The summed E-state index contributed by atoms with van der Waals surface area (Å²) in [4.78, 5) is 23.3. The summed E-state index contributed by atoms with van der Waals surface area (Å²) in [6.07, 6.45) is 41.8. The maximum absolute atomic E-state index is 12.9. The predicted octanol–water partition coefficient (Wildman–Crippen LogP) is 14.0. The van der Waals surface area contributed by atoms with E-state index in [1.165, 1.54) is 225 Å². The zero-order valence-corrected chi connectivity index (χ0v) is 45.5. The fourth-order valence-electron chi connectivity index (χ4n) is 9.60. The van der Waals surface area contributed by atoms with Crippen LogP contribution in [0.5, 0.6) is 0 Å². The molecular formula is C56H111O12P. The van der Waals surface area contributed by atoms with E-state index in [-0.39, 0.29) is 13.0 Å². The van der Waals surface area contributed by atoms with Crippen LogP contribution in [-0.2, 0) is 27.9 Å². The van der Waals surface area contributed by atoms with E-state index in [0.717, 1.165) is 38.5 Å². The summed E-state index contributed by atoms with van der Waals surface area (Å²) in [6, 6.07) is 0. The third-order valence-electron chi connectivity index (χ3n) is 14.2. The molecule has 1 saturated carbocycles. The van der Waals surface area contributed by atoms with Crippen molar-refractivity contribution in [2.45, 2.75) is 333 Å². The predicted molar refractivity (Wildman–Crippen MR) is 281 cm³/mol. The topological polar surface area (TPSA) is 192 Å². The largest absolute Gasteiger partial charge is 0.472 e. The molecule has 0 spiro atoms. The van der Waals surface area contributed by atoms with Gasteiger partial charge in [-0.3, -0.25) is 13.8 Å². The molecule has 6 unspecified atom stereocenters. The molecule has 412 valence electrons. The quantitative estimate of drug-likeness (QED) is 0.0192. The summed E-state index contributed by atoms with van der Waals surface area (Å²) in [6.45, 7) is 4.35. The second-order valence-corrected chi connectivity index (χ2v) is 22.3. The minimum Gasteiger partial charge on any atom is -0.457 e. The van der Waals surface area contributed by atoms with E-state index >= 15 is 0 Å². The summed E-state index contributed by atoms with van der Waals surface area (Å²) in [5.41, 5.74) is 0. The molecule has 0 bridgehead atoms. The van der Waals surface area contributed by atoms with Crippen LogP contribution in [0.15, 0.2) is 0 Å². The Morgan fingerprint density at radius 1 is 0.406 bits per heavy atom. The summed E-state index contributed by atoms with van der Waals surface area (Å²) >= 11 is 0. The van der Waals surface area contributed by atoms with Crippen LogP contribution in [-0.4, -0.2) is 98.9 Å². The minimum atomic E-state index is -5.02. The fourth-order valence-corrected chi connectivity index (χ4v) is 10.6. The minimum absolute atomic E-state index is 0.0670. The Morgan fingerprint density at radius 2 is 0.681 bits per heavy atom. The van der Waals surface area contributed by atoms with Gasteiger partial charge in [-0.05, 0) is 12.8 Å². The van der Waals surface area contributed by atoms with Crippen LogP contribution >= 0.6 is 7.82 Å². The second-order valence-electron chi connectivity index (χ2n) is 20.9. The number of phosphoric acid groups is 1. The molecule has 1 aliphatic carbocycles. The smallest absolute Gasteiger partial charge is 0.457 e. The van der Waals surface area contributed by atoms with Gasteiger partial charge in [0.15, 0.2) is 0 Å². The zero-order chi connectivity index (χ0) is 50.5. The summed E-state index contributed by atoms with van der Waals surface area (Å²) < 4.78 is 34.4. The number of esters is 1. The maximum Gasteiger partial charge on any atom is 0.472 e. The lowest BCUT2D eigenvalue weighted by Crippen LogP contribution is -2.64. The van der Waals surface area contributed by atoms with E-state index in [0.29, 0.717) is 13.0 Å². The number of hydrogen-bond acceptors (Lipinski definition) is 11. The molecule has 6 N–H and O–H groups in total. The van der Waals surface area contributed by atoms with Crippen LogP contribution in [0.3, 0.4) is 0 Å². The van der Waals surface area contributed by atoms with E-state index in [2.05, 4.69) is 13.8 Å². The third-order valence-corrected chi connectivity index (χ3v) is 15.2. The van der Waals surface area contributed by atoms with E-state index in [9.17, 15) is 39.8 Å². The highest BCUT2D eigenvalue weighted by Gasteiger charge is 2.51. The van der Waals surface area contributed by atoms with Gasteiger partial charge in [0.25, 0.3) is 0 Å². The highest BCUT2D eigenvalue weighted by molar-refractivity contribution is 7.47. The van der Waals surface area contributed by atoms with Gasteiger partial charge in [-0.1, -0.05) is 271 Å². The average molecular weight is 1010 g/mol. The van der Waals surface area contributed by atoms with Gasteiger partial charge in [-0.2, -0.15) is 0 Å². The first-order chi connectivity index (χ1) is 33.5. The molecule has 13 heteroatoms. The molecule has 0 aromatic heterocycles. The van der Waals surface area contributed by atoms with Gasteiger partial charge >= 0.3 is 13.8 Å². The highest BCUT2D eigenvalue weighted by Crippen LogP contribution is 2.47. The Balaban J connectivity index is 2.25. The van der Waals surface area contributed by atoms with Crippen molar-refractivity contribution < 1.29 is 58.3 Å². The lowest BCUT2D eigenvalue weighted by Gasteiger charge is -2.41. The number of unbranched alkanes of at least 4 members (excludes halogenated alkanes) is 40. The molecule has 0 aliphatic heterocycles. The zero-order valence-electron chi connectivity index (χ0n) is 44.6. The molecule has 1 fully saturated rings. The number of rotatable bonds is 52. The lowest BCUT2D eigenvalue weighted by atomic mass is 9.85. The van der Waals surface area contributed by atoms with Gasteiger partial charge in [-0.15, -0.1) is 0 Å². The Morgan fingerprint density at radius 3 is 1.00 bits per heavy atom.